The number of hydrogen-bond acceptors (Lipinski definition) is 3. The standard InChI is InChI=1S/C26H34N2O2/c1-20-12-11-13-21(2)27(20)18-9-4-10-19-28-23-16-7-8-17-24(23)30-25(26(28)29)22-14-5-3-6-15-22/h3,5-8,14-17,20-21,25H,4,9-13,18-19H2,1-2H3. The molecule has 2 aliphatic heterocycles. The molecule has 4 rings (SSSR count). The van der Waals surface area contributed by atoms with E-state index in [9.17, 15) is 4.79 Å². The molecule has 30 heavy (non-hydrogen) atoms. The lowest BCUT2D eigenvalue weighted by molar-refractivity contribution is -0.126. The van der Waals surface area contributed by atoms with Gasteiger partial charge in [-0.05, 0) is 58.2 Å². The Morgan fingerprint density at radius 2 is 1.53 bits per heavy atom. The number of likely N-dealkylation sites (tertiary alicyclic amines) is 1. The number of hydrogen-bond donors (Lipinski definition) is 0. The number of amides is 1. The largest absolute Gasteiger partial charge is 0.474 e. The predicted molar refractivity (Wildman–Crippen MR) is 122 cm³/mol. The third kappa shape index (κ3) is 4.54. The zero-order valence-corrected chi connectivity index (χ0v) is 18.3. The minimum Gasteiger partial charge on any atom is -0.474 e. The molecule has 2 heterocycles. The van der Waals surface area contributed by atoms with Crippen molar-refractivity contribution in [2.75, 3.05) is 18.0 Å². The van der Waals surface area contributed by atoms with Crippen LogP contribution in [-0.4, -0.2) is 36.0 Å². The highest BCUT2D eigenvalue weighted by Crippen LogP contribution is 2.38. The number of nitrogens with zero attached hydrogens (tertiary/aromatic N) is 2. The van der Waals surface area contributed by atoms with Gasteiger partial charge in [-0.15, -0.1) is 0 Å². The molecule has 2 aromatic carbocycles. The minimum atomic E-state index is -0.559. The Morgan fingerprint density at radius 3 is 2.30 bits per heavy atom. The van der Waals surface area contributed by atoms with Gasteiger partial charge in [-0.25, -0.2) is 0 Å². The van der Waals surface area contributed by atoms with Crippen LogP contribution in [0.3, 0.4) is 0 Å². The van der Waals surface area contributed by atoms with Gasteiger partial charge < -0.3 is 9.64 Å². The molecule has 3 atom stereocenters. The average molecular weight is 407 g/mol. The third-order valence-electron chi connectivity index (χ3n) is 6.67. The van der Waals surface area contributed by atoms with Gasteiger partial charge in [0, 0.05) is 24.2 Å². The van der Waals surface area contributed by atoms with Crippen LogP contribution in [0.4, 0.5) is 5.69 Å². The Morgan fingerprint density at radius 1 is 0.867 bits per heavy atom. The van der Waals surface area contributed by atoms with Crippen molar-refractivity contribution in [2.45, 2.75) is 70.6 Å². The molecule has 0 aromatic heterocycles. The Hall–Kier alpha value is -2.33. The van der Waals surface area contributed by atoms with E-state index in [2.05, 4.69) is 18.7 Å². The summed E-state index contributed by atoms with van der Waals surface area (Å²) in [4.78, 5) is 17.9. The molecule has 2 aliphatic rings. The van der Waals surface area contributed by atoms with Crippen molar-refractivity contribution in [1.29, 1.82) is 0 Å². The fourth-order valence-corrected chi connectivity index (χ4v) is 4.94. The lowest BCUT2D eigenvalue weighted by Gasteiger charge is -2.39. The van der Waals surface area contributed by atoms with Gasteiger partial charge >= 0.3 is 0 Å². The third-order valence-corrected chi connectivity index (χ3v) is 6.67. The highest BCUT2D eigenvalue weighted by molar-refractivity contribution is 6.00. The van der Waals surface area contributed by atoms with Crippen molar-refractivity contribution in [3.05, 3.63) is 60.2 Å². The number of para-hydroxylation sites is 2. The lowest BCUT2D eigenvalue weighted by Crippen LogP contribution is -2.44. The molecule has 4 heteroatoms. The van der Waals surface area contributed by atoms with Gasteiger partial charge in [0.25, 0.3) is 5.91 Å². The van der Waals surface area contributed by atoms with Crippen LogP contribution in [0.1, 0.15) is 64.0 Å². The maximum absolute atomic E-state index is 13.3. The SMILES string of the molecule is CC1CCCC(C)N1CCCCCN1C(=O)C(c2ccccc2)Oc2ccccc21. The molecule has 0 aliphatic carbocycles. The van der Waals surface area contributed by atoms with Crippen LogP contribution >= 0.6 is 0 Å². The lowest BCUT2D eigenvalue weighted by atomic mass is 9.97. The van der Waals surface area contributed by atoms with E-state index in [0.717, 1.165) is 36.4 Å². The summed E-state index contributed by atoms with van der Waals surface area (Å²) in [5.41, 5.74) is 1.81. The molecule has 160 valence electrons. The van der Waals surface area contributed by atoms with Gasteiger partial charge in [-0.2, -0.15) is 0 Å². The second-order valence-corrected chi connectivity index (χ2v) is 8.79. The normalized spacial score (nSPS) is 24.4. The van der Waals surface area contributed by atoms with Crippen LogP contribution in [0.2, 0.25) is 0 Å². The molecule has 1 fully saturated rings. The van der Waals surface area contributed by atoms with Gasteiger partial charge in [0.1, 0.15) is 5.75 Å². The molecule has 0 bridgehead atoms. The fraction of sp³-hybridized carbons (Fsp3) is 0.500. The topological polar surface area (TPSA) is 32.8 Å². The molecule has 0 N–H and O–H groups in total. The van der Waals surface area contributed by atoms with E-state index >= 15 is 0 Å². The summed E-state index contributed by atoms with van der Waals surface area (Å²) in [6.45, 7) is 6.64. The molecular formula is C26H34N2O2. The maximum atomic E-state index is 13.3. The first-order valence-electron chi connectivity index (χ1n) is 11.5. The summed E-state index contributed by atoms with van der Waals surface area (Å²) in [6.07, 6.45) is 6.79. The van der Waals surface area contributed by atoms with Gasteiger partial charge in [-0.3, -0.25) is 9.69 Å². The second-order valence-electron chi connectivity index (χ2n) is 8.79. The molecular weight excluding hydrogens is 372 g/mol. The molecule has 0 radical (unpaired) electrons. The van der Waals surface area contributed by atoms with Crippen LogP contribution in [0, 0.1) is 0 Å². The number of carbonyl (C=O) groups excluding carboxylic acids is 1. The first kappa shape index (κ1) is 20.9. The first-order valence-corrected chi connectivity index (χ1v) is 11.5. The van der Waals surface area contributed by atoms with Gasteiger partial charge in [0.05, 0.1) is 5.69 Å². The van der Waals surface area contributed by atoms with Gasteiger partial charge in [0.2, 0.25) is 6.10 Å². The second kappa shape index (κ2) is 9.65. The maximum Gasteiger partial charge on any atom is 0.272 e. The number of ether oxygens (including phenoxy) is 1. The molecule has 2 aromatic rings. The van der Waals surface area contributed by atoms with Crippen molar-refractivity contribution >= 4 is 11.6 Å². The summed E-state index contributed by atoms with van der Waals surface area (Å²) in [6, 6.07) is 19.1. The number of fused-ring (bicyclic) bond motifs is 1. The monoisotopic (exact) mass is 406 g/mol. The van der Waals surface area contributed by atoms with Crippen LogP contribution in [0.5, 0.6) is 5.75 Å². The van der Waals surface area contributed by atoms with Crippen molar-refractivity contribution in [1.82, 2.24) is 4.90 Å². The van der Waals surface area contributed by atoms with Crippen LogP contribution < -0.4 is 9.64 Å². The zero-order chi connectivity index (χ0) is 20.9. The molecule has 0 spiro atoms. The van der Waals surface area contributed by atoms with Crippen molar-refractivity contribution in [3.63, 3.8) is 0 Å². The Kier molecular flexibility index (Phi) is 6.73. The quantitative estimate of drug-likeness (QED) is 0.562. The summed E-state index contributed by atoms with van der Waals surface area (Å²) in [5.74, 6) is 0.833. The minimum absolute atomic E-state index is 0.0400. The Balaban J connectivity index is 1.37. The summed E-state index contributed by atoms with van der Waals surface area (Å²) in [7, 11) is 0. The van der Waals surface area contributed by atoms with E-state index in [1.54, 1.807) is 0 Å². The number of anilines is 1. The summed E-state index contributed by atoms with van der Waals surface area (Å²) < 4.78 is 6.09. The van der Waals surface area contributed by atoms with E-state index in [1.165, 1.54) is 32.2 Å². The average Bonchev–Trinajstić information content (AvgIpc) is 2.77. The Bertz CT molecular complexity index is 828. The van der Waals surface area contributed by atoms with Crippen LogP contribution in [0.15, 0.2) is 54.6 Å². The van der Waals surface area contributed by atoms with Crippen molar-refractivity contribution in [3.8, 4) is 5.75 Å². The molecule has 1 amide bonds. The smallest absolute Gasteiger partial charge is 0.272 e. The number of benzene rings is 2. The number of piperidine rings is 1. The molecule has 1 saturated heterocycles. The highest BCUT2D eigenvalue weighted by atomic mass is 16.5. The summed E-state index contributed by atoms with van der Waals surface area (Å²) >= 11 is 0. The van der Waals surface area contributed by atoms with Gasteiger partial charge in [0.15, 0.2) is 0 Å². The Labute approximate surface area is 180 Å². The zero-order valence-electron chi connectivity index (χ0n) is 18.3. The molecule has 0 saturated carbocycles. The molecule has 4 nitrogen and oxygen atoms in total. The predicted octanol–water partition coefficient (Wildman–Crippen LogP) is 5.59. The van der Waals surface area contributed by atoms with Crippen LogP contribution in [-0.2, 0) is 4.79 Å². The van der Waals surface area contributed by atoms with E-state index in [0.29, 0.717) is 12.1 Å². The van der Waals surface area contributed by atoms with E-state index in [-0.39, 0.29) is 5.91 Å². The van der Waals surface area contributed by atoms with Crippen LogP contribution in [0.25, 0.3) is 0 Å². The molecule has 3 unspecified atom stereocenters. The van der Waals surface area contributed by atoms with Gasteiger partial charge in [-0.1, -0.05) is 55.3 Å². The highest BCUT2D eigenvalue weighted by Gasteiger charge is 2.35. The number of rotatable bonds is 7. The number of unbranched alkanes of at least 4 members (excludes halogenated alkanes) is 2. The van der Waals surface area contributed by atoms with E-state index < -0.39 is 6.10 Å². The van der Waals surface area contributed by atoms with E-state index in [4.69, 9.17) is 4.74 Å². The summed E-state index contributed by atoms with van der Waals surface area (Å²) in [5, 5.41) is 0. The van der Waals surface area contributed by atoms with Crippen molar-refractivity contribution in [2.24, 2.45) is 0 Å². The number of carbonyl (C=O) groups is 1. The van der Waals surface area contributed by atoms with E-state index in [1.807, 2.05) is 59.5 Å². The fourth-order valence-electron chi connectivity index (χ4n) is 4.94. The van der Waals surface area contributed by atoms with Crippen molar-refractivity contribution < 1.29 is 9.53 Å². The first-order chi connectivity index (χ1) is 14.6.